The lowest BCUT2D eigenvalue weighted by molar-refractivity contribution is 0.0938. The number of aromatic amines is 1. The SMILES string of the molecule is COc1cc(C(C)NC(=O)c2ccc(-c3cccs3)[nH]c2=O)ccc1OC1CCCC1. The maximum Gasteiger partial charge on any atom is 0.261 e. The number of rotatable bonds is 7. The van der Waals surface area contributed by atoms with Gasteiger partial charge in [-0.05, 0) is 73.9 Å². The van der Waals surface area contributed by atoms with E-state index in [1.54, 1.807) is 19.2 Å². The Balaban J connectivity index is 1.46. The number of methoxy groups -OCH3 is 1. The highest BCUT2D eigenvalue weighted by Crippen LogP contribution is 2.33. The predicted octanol–water partition coefficient (Wildman–Crippen LogP) is 4.92. The number of hydrogen-bond donors (Lipinski definition) is 2. The zero-order valence-corrected chi connectivity index (χ0v) is 18.5. The summed E-state index contributed by atoms with van der Waals surface area (Å²) in [5, 5.41) is 4.84. The minimum Gasteiger partial charge on any atom is -0.493 e. The van der Waals surface area contributed by atoms with Crippen LogP contribution in [0.5, 0.6) is 11.5 Å². The smallest absolute Gasteiger partial charge is 0.261 e. The van der Waals surface area contributed by atoms with Crippen LogP contribution in [0.3, 0.4) is 0 Å². The van der Waals surface area contributed by atoms with E-state index in [2.05, 4.69) is 10.3 Å². The van der Waals surface area contributed by atoms with Crippen molar-refractivity contribution in [1.29, 1.82) is 0 Å². The van der Waals surface area contributed by atoms with Gasteiger partial charge >= 0.3 is 0 Å². The van der Waals surface area contributed by atoms with Crippen molar-refractivity contribution in [2.24, 2.45) is 0 Å². The Kier molecular flexibility index (Phi) is 6.42. The number of H-pyrrole nitrogens is 1. The molecule has 1 atom stereocenters. The topological polar surface area (TPSA) is 80.4 Å². The highest BCUT2D eigenvalue weighted by atomic mass is 32.1. The fourth-order valence-electron chi connectivity index (χ4n) is 3.82. The van der Waals surface area contributed by atoms with Crippen LogP contribution in [0.4, 0.5) is 0 Å². The summed E-state index contributed by atoms with van der Waals surface area (Å²) >= 11 is 1.53. The van der Waals surface area contributed by atoms with Crippen LogP contribution in [0.2, 0.25) is 0 Å². The molecule has 6 nitrogen and oxygen atoms in total. The van der Waals surface area contributed by atoms with Crippen LogP contribution in [0.25, 0.3) is 10.6 Å². The van der Waals surface area contributed by atoms with Gasteiger partial charge in [0, 0.05) is 0 Å². The van der Waals surface area contributed by atoms with Crippen LogP contribution < -0.4 is 20.3 Å². The number of thiophene rings is 1. The number of hydrogen-bond acceptors (Lipinski definition) is 5. The van der Waals surface area contributed by atoms with Gasteiger partial charge in [0.1, 0.15) is 5.56 Å². The highest BCUT2D eigenvalue weighted by Gasteiger charge is 2.20. The van der Waals surface area contributed by atoms with Crippen LogP contribution in [0.15, 0.2) is 52.6 Å². The first kappa shape index (κ1) is 21.2. The number of benzene rings is 1. The fraction of sp³-hybridized carbons (Fsp3) is 0.333. The Labute approximate surface area is 185 Å². The Hall–Kier alpha value is -3.06. The second-order valence-electron chi connectivity index (χ2n) is 7.72. The van der Waals surface area contributed by atoms with Gasteiger partial charge < -0.3 is 19.8 Å². The van der Waals surface area contributed by atoms with Gasteiger partial charge in [0.2, 0.25) is 0 Å². The molecule has 2 aromatic heterocycles. The van der Waals surface area contributed by atoms with E-state index < -0.39 is 11.5 Å². The average Bonchev–Trinajstić information content (AvgIpc) is 3.48. The third-order valence-corrected chi connectivity index (χ3v) is 6.48. The monoisotopic (exact) mass is 438 g/mol. The zero-order valence-electron chi connectivity index (χ0n) is 17.6. The number of ether oxygens (including phenoxy) is 2. The molecule has 2 N–H and O–H groups in total. The molecule has 1 aromatic carbocycles. The molecule has 0 aliphatic heterocycles. The van der Waals surface area contributed by atoms with Gasteiger partial charge in [-0.1, -0.05) is 12.1 Å². The summed E-state index contributed by atoms with van der Waals surface area (Å²) in [4.78, 5) is 28.9. The first-order valence-electron chi connectivity index (χ1n) is 10.5. The molecule has 4 rings (SSSR count). The predicted molar refractivity (Wildman–Crippen MR) is 122 cm³/mol. The van der Waals surface area contributed by atoms with E-state index in [9.17, 15) is 9.59 Å². The molecule has 1 aliphatic carbocycles. The Bertz CT molecular complexity index is 1100. The molecule has 1 saturated carbocycles. The quantitative estimate of drug-likeness (QED) is 0.548. The van der Waals surface area contributed by atoms with Gasteiger partial charge in [0.25, 0.3) is 11.5 Å². The van der Waals surface area contributed by atoms with E-state index in [-0.39, 0.29) is 17.7 Å². The first-order valence-corrected chi connectivity index (χ1v) is 11.4. The van der Waals surface area contributed by atoms with E-state index in [0.717, 1.165) is 29.0 Å². The minimum atomic E-state index is -0.420. The number of amides is 1. The maximum absolute atomic E-state index is 12.7. The number of nitrogens with one attached hydrogen (secondary N) is 2. The summed E-state index contributed by atoms with van der Waals surface area (Å²) in [7, 11) is 1.61. The second-order valence-corrected chi connectivity index (χ2v) is 8.67. The van der Waals surface area contributed by atoms with Gasteiger partial charge in [-0.2, -0.15) is 0 Å². The minimum absolute atomic E-state index is 0.0836. The van der Waals surface area contributed by atoms with Crippen LogP contribution in [-0.4, -0.2) is 24.1 Å². The van der Waals surface area contributed by atoms with E-state index in [0.29, 0.717) is 11.4 Å². The maximum atomic E-state index is 12.7. The van der Waals surface area contributed by atoms with E-state index in [4.69, 9.17) is 9.47 Å². The van der Waals surface area contributed by atoms with Crippen molar-refractivity contribution in [2.75, 3.05) is 7.11 Å². The third-order valence-electron chi connectivity index (χ3n) is 5.57. The molecule has 0 spiro atoms. The van der Waals surface area contributed by atoms with Crippen LogP contribution in [0, 0.1) is 0 Å². The number of carbonyl (C=O) groups is 1. The number of pyridine rings is 1. The molecule has 0 bridgehead atoms. The van der Waals surface area contributed by atoms with Crippen LogP contribution in [0.1, 0.15) is 54.6 Å². The molecule has 162 valence electrons. The standard InChI is InChI=1S/C24H26N2O4S/c1-15(16-9-12-20(21(14-16)29-2)30-17-6-3-4-7-17)25-23(27)18-10-11-19(26-24(18)28)22-8-5-13-31-22/h5,8-15,17H,3-4,6-7H2,1-2H3,(H,25,27)(H,26,28). The zero-order chi connectivity index (χ0) is 21.8. The van der Waals surface area contributed by atoms with Gasteiger partial charge in [-0.3, -0.25) is 9.59 Å². The lowest BCUT2D eigenvalue weighted by Crippen LogP contribution is -2.31. The van der Waals surface area contributed by atoms with Crippen molar-refractivity contribution in [3.63, 3.8) is 0 Å². The molecule has 7 heteroatoms. The van der Waals surface area contributed by atoms with Gasteiger partial charge in [0.05, 0.1) is 29.8 Å². The average molecular weight is 439 g/mol. The van der Waals surface area contributed by atoms with Crippen molar-refractivity contribution >= 4 is 17.2 Å². The third kappa shape index (κ3) is 4.82. The molecule has 1 fully saturated rings. The van der Waals surface area contributed by atoms with Crippen molar-refractivity contribution in [2.45, 2.75) is 44.8 Å². The molecule has 1 aliphatic rings. The normalized spacial score (nSPS) is 14.9. The van der Waals surface area contributed by atoms with E-state index in [1.165, 1.54) is 24.2 Å². The molecule has 2 heterocycles. The lowest BCUT2D eigenvalue weighted by atomic mass is 10.1. The van der Waals surface area contributed by atoms with Crippen molar-refractivity contribution in [3.05, 3.63) is 69.3 Å². The molecule has 1 amide bonds. The molecular formula is C24H26N2O4S. The highest BCUT2D eigenvalue weighted by molar-refractivity contribution is 7.13. The van der Waals surface area contributed by atoms with E-state index in [1.807, 2.05) is 42.6 Å². The summed E-state index contributed by atoms with van der Waals surface area (Å²) in [5.41, 5.74) is 1.25. The van der Waals surface area contributed by atoms with Crippen LogP contribution in [-0.2, 0) is 0 Å². The Morgan fingerprint density at radius 1 is 1.16 bits per heavy atom. The molecular weight excluding hydrogens is 412 g/mol. The largest absolute Gasteiger partial charge is 0.493 e. The first-order chi connectivity index (χ1) is 15.0. The van der Waals surface area contributed by atoms with Gasteiger partial charge in [0.15, 0.2) is 11.5 Å². The van der Waals surface area contributed by atoms with Crippen molar-refractivity contribution < 1.29 is 14.3 Å². The summed E-state index contributed by atoms with van der Waals surface area (Å²) in [6, 6.07) is 12.5. The fourth-order valence-corrected chi connectivity index (χ4v) is 4.53. The summed E-state index contributed by atoms with van der Waals surface area (Å²) in [6.45, 7) is 1.87. The lowest BCUT2D eigenvalue weighted by Gasteiger charge is -2.19. The number of aromatic nitrogens is 1. The summed E-state index contributed by atoms with van der Waals surface area (Å²) in [5.74, 6) is 0.942. The van der Waals surface area contributed by atoms with Crippen molar-refractivity contribution in [1.82, 2.24) is 10.3 Å². The Morgan fingerprint density at radius 2 is 1.97 bits per heavy atom. The van der Waals surface area contributed by atoms with Crippen LogP contribution >= 0.6 is 11.3 Å². The second kappa shape index (κ2) is 9.39. The molecule has 0 saturated heterocycles. The van der Waals surface area contributed by atoms with Gasteiger partial charge in [-0.15, -0.1) is 11.3 Å². The molecule has 3 aromatic rings. The van der Waals surface area contributed by atoms with E-state index >= 15 is 0 Å². The summed E-state index contributed by atoms with van der Waals surface area (Å²) in [6.07, 6.45) is 4.76. The van der Waals surface area contributed by atoms with Crippen molar-refractivity contribution in [3.8, 4) is 22.1 Å². The molecule has 1 unspecified atom stereocenters. The molecule has 31 heavy (non-hydrogen) atoms. The summed E-state index contributed by atoms with van der Waals surface area (Å²) < 4.78 is 11.6. The molecule has 0 radical (unpaired) electrons. The Morgan fingerprint density at radius 3 is 2.65 bits per heavy atom. The van der Waals surface area contributed by atoms with Gasteiger partial charge in [-0.25, -0.2) is 0 Å². The number of carbonyl (C=O) groups excluding carboxylic acids is 1.